The number of halogens is 1. The van der Waals surface area contributed by atoms with E-state index in [0.29, 0.717) is 18.4 Å². The van der Waals surface area contributed by atoms with E-state index in [1.165, 1.54) is 0 Å². The lowest BCUT2D eigenvalue weighted by Gasteiger charge is -2.09. The molecule has 2 rings (SSSR count). The van der Waals surface area contributed by atoms with E-state index in [0.717, 1.165) is 35.8 Å². The third kappa shape index (κ3) is 4.62. The molecule has 1 aromatic carbocycles. The van der Waals surface area contributed by atoms with Crippen LogP contribution in [0.5, 0.6) is 0 Å². The largest absolute Gasteiger partial charge is 0.339 e. The van der Waals surface area contributed by atoms with Crippen LogP contribution in [-0.4, -0.2) is 22.7 Å². The van der Waals surface area contributed by atoms with Gasteiger partial charge in [0.1, 0.15) is 0 Å². The first-order valence-corrected chi connectivity index (χ1v) is 7.34. The molecule has 1 unspecified atom stereocenters. The summed E-state index contributed by atoms with van der Waals surface area (Å²) in [6, 6.07) is 8.16. The Balaban J connectivity index is 1.87. The van der Waals surface area contributed by atoms with Crippen molar-refractivity contribution in [1.29, 1.82) is 0 Å². The minimum absolute atomic E-state index is 0.464. The summed E-state index contributed by atoms with van der Waals surface area (Å²) in [5.74, 6) is 1.43. The van der Waals surface area contributed by atoms with Crippen LogP contribution in [-0.2, 0) is 12.8 Å². The Morgan fingerprint density at radius 3 is 2.75 bits per heavy atom. The quantitative estimate of drug-likeness (QED) is 0.851. The maximum Gasteiger partial charge on any atom is 0.226 e. The molecule has 1 atom stereocenters. The lowest BCUT2D eigenvalue weighted by Crippen LogP contribution is -2.25. The highest BCUT2D eigenvalue weighted by Gasteiger charge is 2.09. The molecule has 0 saturated carbocycles. The van der Waals surface area contributed by atoms with Gasteiger partial charge < -0.3 is 9.84 Å². The molecule has 0 bridgehead atoms. The lowest BCUT2D eigenvalue weighted by atomic mass is 10.1. The molecule has 5 heteroatoms. The molecular formula is C15H20ClN3O. The van der Waals surface area contributed by atoms with Crippen molar-refractivity contribution < 1.29 is 4.52 Å². The fraction of sp³-hybridized carbons (Fsp3) is 0.467. The Hall–Kier alpha value is -1.39. The molecule has 0 aliphatic rings. The van der Waals surface area contributed by atoms with Gasteiger partial charge in [-0.25, -0.2) is 0 Å². The van der Waals surface area contributed by atoms with Gasteiger partial charge in [0.15, 0.2) is 5.82 Å². The van der Waals surface area contributed by atoms with Gasteiger partial charge in [0.25, 0.3) is 0 Å². The number of rotatable bonds is 7. The van der Waals surface area contributed by atoms with Crippen molar-refractivity contribution in [3.05, 3.63) is 46.6 Å². The molecule has 0 aliphatic carbocycles. The Kier molecular flexibility index (Phi) is 5.56. The summed E-state index contributed by atoms with van der Waals surface area (Å²) >= 11 is 5.86. The Morgan fingerprint density at radius 2 is 2.05 bits per heavy atom. The van der Waals surface area contributed by atoms with Crippen LogP contribution in [0, 0.1) is 0 Å². The van der Waals surface area contributed by atoms with Crippen LogP contribution in [0.25, 0.3) is 0 Å². The van der Waals surface area contributed by atoms with E-state index >= 15 is 0 Å². The van der Waals surface area contributed by atoms with Gasteiger partial charge in [-0.05, 0) is 37.6 Å². The molecule has 1 N–H and O–H groups in total. The molecule has 4 nitrogen and oxygen atoms in total. The van der Waals surface area contributed by atoms with Gasteiger partial charge in [-0.1, -0.05) is 35.8 Å². The highest BCUT2D eigenvalue weighted by Crippen LogP contribution is 2.12. The minimum atomic E-state index is 0.464. The Morgan fingerprint density at radius 1 is 1.30 bits per heavy atom. The van der Waals surface area contributed by atoms with E-state index < -0.39 is 0 Å². The molecule has 1 aromatic heterocycles. The topological polar surface area (TPSA) is 51.0 Å². The van der Waals surface area contributed by atoms with Crippen LogP contribution in [0.15, 0.2) is 28.8 Å². The summed E-state index contributed by atoms with van der Waals surface area (Å²) in [6.07, 6.45) is 2.47. The number of nitrogens with zero attached hydrogens (tertiary/aromatic N) is 2. The summed E-state index contributed by atoms with van der Waals surface area (Å²) in [5.41, 5.74) is 1.13. The van der Waals surface area contributed by atoms with E-state index in [1.807, 2.05) is 24.3 Å². The molecule has 1 heterocycles. The number of hydrogen-bond acceptors (Lipinski definition) is 4. The smallest absolute Gasteiger partial charge is 0.226 e. The summed E-state index contributed by atoms with van der Waals surface area (Å²) in [4.78, 5) is 4.42. The van der Waals surface area contributed by atoms with Crippen LogP contribution in [0.3, 0.4) is 0 Å². The zero-order chi connectivity index (χ0) is 14.4. The summed E-state index contributed by atoms with van der Waals surface area (Å²) in [6.45, 7) is 5.24. The zero-order valence-electron chi connectivity index (χ0n) is 11.9. The molecule has 0 fully saturated rings. The van der Waals surface area contributed by atoms with E-state index in [9.17, 15) is 0 Å². The van der Waals surface area contributed by atoms with Crippen molar-refractivity contribution in [2.24, 2.45) is 0 Å². The number of aryl methyl sites for hydroxylation is 1. The third-order valence-corrected chi connectivity index (χ3v) is 3.38. The second kappa shape index (κ2) is 7.41. The standard InChI is InChI=1S/C15H20ClN3O/c1-3-17-11(2)4-9-15-18-14(19-20-15)10-12-5-7-13(16)8-6-12/h5-8,11,17H,3-4,9-10H2,1-2H3. The highest BCUT2D eigenvalue weighted by molar-refractivity contribution is 6.30. The van der Waals surface area contributed by atoms with Gasteiger partial charge in [-0.2, -0.15) is 4.98 Å². The normalized spacial score (nSPS) is 12.6. The van der Waals surface area contributed by atoms with Gasteiger partial charge in [-0.3, -0.25) is 0 Å². The van der Waals surface area contributed by atoms with Gasteiger partial charge >= 0.3 is 0 Å². The lowest BCUT2D eigenvalue weighted by molar-refractivity contribution is 0.363. The number of aromatic nitrogens is 2. The van der Waals surface area contributed by atoms with Gasteiger partial charge in [-0.15, -0.1) is 0 Å². The Bertz CT molecular complexity index is 524. The first-order chi connectivity index (χ1) is 9.67. The summed E-state index contributed by atoms with van der Waals surface area (Å²) in [7, 11) is 0. The second-order valence-electron chi connectivity index (χ2n) is 4.90. The molecule has 108 valence electrons. The monoisotopic (exact) mass is 293 g/mol. The molecule has 0 aliphatic heterocycles. The van der Waals surface area contributed by atoms with Crippen molar-refractivity contribution in [3.8, 4) is 0 Å². The minimum Gasteiger partial charge on any atom is -0.339 e. The van der Waals surface area contributed by atoms with Gasteiger partial charge in [0.05, 0.1) is 0 Å². The van der Waals surface area contributed by atoms with Crippen LogP contribution in [0.4, 0.5) is 0 Å². The van der Waals surface area contributed by atoms with Crippen LogP contribution < -0.4 is 5.32 Å². The zero-order valence-corrected chi connectivity index (χ0v) is 12.7. The van der Waals surface area contributed by atoms with Crippen LogP contribution >= 0.6 is 11.6 Å². The average Bonchev–Trinajstić information content (AvgIpc) is 2.87. The van der Waals surface area contributed by atoms with Crippen molar-refractivity contribution in [2.45, 2.75) is 39.2 Å². The predicted octanol–water partition coefficient (Wildman–Crippen LogP) is 3.24. The van der Waals surface area contributed by atoms with E-state index in [4.69, 9.17) is 16.1 Å². The van der Waals surface area contributed by atoms with Crippen molar-refractivity contribution in [1.82, 2.24) is 15.5 Å². The maximum atomic E-state index is 5.86. The first kappa shape index (κ1) is 15.0. The van der Waals surface area contributed by atoms with E-state index in [2.05, 4.69) is 29.3 Å². The molecule has 0 radical (unpaired) electrons. The molecule has 0 saturated heterocycles. The van der Waals surface area contributed by atoms with E-state index in [-0.39, 0.29) is 0 Å². The summed E-state index contributed by atoms with van der Waals surface area (Å²) < 4.78 is 5.27. The fourth-order valence-corrected chi connectivity index (χ4v) is 2.16. The van der Waals surface area contributed by atoms with Gasteiger partial charge in [0, 0.05) is 23.9 Å². The molecule has 0 spiro atoms. The molecule has 20 heavy (non-hydrogen) atoms. The highest BCUT2D eigenvalue weighted by atomic mass is 35.5. The number of nitrogens with one attached hydrogen (secondary N) is 1. The number of benzene rings is 1. The first-order valence-electron chi connectivity index (χ1n) is 6.96. The van der Waals surface area contributed by atoms with E-state index in [1.54, 1.807) is 0 Å². The van der Waals surface area contributed by atoms with Gasteiger partial charge in [0.2, 0.25) is 5.89 Å². The van der Waals surface area contributed by atoms with Crippen molar-refractivity contribution in [2.75, 3.05) is 6.54 Å². The third-order valence-electron chi connectivity index (χ3n) is 3.13. The fourth-order valence-electron chi connectivity index (χ4n) is 2.04. The number of hydrogen-bond donors (Lipinski definition) is 1. The van der Waals surface area contributed by atoms with Crippen LogP contribution in [0.1, 0.15) is 37.5 Å². The SMILES string of the molecule is CCNC(C)CCc1nc(Cc2ccc(Cl)cc2)no1. The average molecular weight is 294 g/mol. The summed E-state index contributed by atoms with van der Waals surface area (Å²) in [5, 5.41) is 8.12. The second-order valence-corrected chi connectivity index (χ2v) is 5.34. The van der Waals surface area contributed by atoms with Crippen molar-refractivity contribution >= 4 is 11.6 Å². The van der Waals surface area contributed by atoms with Crippen molar-refractivity contribution in [3.63, 3.8) is 0 Å². The predicted molar refractivity (Wildman–Crippen MR) is 80.0 cm³/mol. The molecule has 0 amide bonds. The molecular weight excluding hydrogens is 274 g/mol. The Labute approximate surface area is 124 Å². The maximum absolute atomic E-state index is 5.86. The van der Waals surface area contributed by atoms with Crippen LogP contribution in [0.2, 0.25) is 5.02 Å². The molecule has 2 aromatic rings.